The van der Waals surface area contributed by atoms with Crippen molar-refractivity contribution < 1.29 is 19.4 Å². The summed E-state index contributed by atoms with van der Waals surface area (Å²) in [6, 6.07) is 0. The Morgan fingerprint density at radius 3 is 2.73 bits per heavy atom. The molecule has 15 heavy (non-hydrogen) atoms. The summed E-state index contributed by atoms with van der Waals surface area (Å²) >= 11 is 0. The molecule has 0 spiro atoms. The van der Waals surface area contributed by atoms with Crippen LogP contribution in [0.25, 0.3) is 0 Å². The van der Waals surface area contributed by atoms with Gasteiger partial charge in [0.2, 0.25) is 0 Å². The Kier molecular flexibility index (Phi) is 3.31. The third-order valence-corrected chi connectivity index (χ3v) is 2.51. The summed E-state index contributed by atoms with van der Waals surface area (Å²) in [5.41, 5.74) is -1.04. The number of aliphatic carboxylic acids is 1. The van der Waals surface area contributed by atoms with Gasteiger partial charge in [0.15, 0.2) is 0 Å². The van der Waals surface area contributed by atoms with Crippen LogP contribution in [-0.2, 0) is 14.3 Å². The van der Waals surface area contributed by atoms with Crippen molar-refractivity contribution in [3.8, 4) is 0 Å². The largest absolute Gasteiger partial charge is 0.500 e. The van der Waals surface area contributed by atoms with Crippen molar-refractivity contribution in [3.05, 3.63) is 36.6 Å². The summed E-state index contributed by atoms with van der Waals surface area (Å²) in [6.45, 7) is 3.61. The molecule has 0 heterocycles. The van der Waals surface area contributed by atoms with Crippen LogP contribution in [-0.4, -0.2) is 30.9 Å². The number of ether oxygens (including phenoxy) is 2. The van der Waals surface area contributed by atoms with Gasteiger partial charge in [0.1, 0.15) is 17.3 Å². The monoisotopic (exact) mass is 210 g/mol. The summed E-state index contributed by atoms with van der Waals surface area (Å²) in [5, 5.41) is 9.16. The fourth-order valence-electron chi connectivity index (χ4n) is 1.66. The zero-order chi connectivity index (χ0) is 11.5. The van der Waals surface area contributed by atoms with E-state index in [1.54, 1.807) is 18.2 Å². The van der Waals surface area contributed by atoms with Gasteiger partial charge in [-0.3, -0.25) is 4.79 Å². The van der Waals surface area contributed by atoms with Gasteiger partial charge in [-0.1, -0.05) is 18.7 Å². The van der Waals surface area contributed by atoms with E-state index in [9.17, 15) is 4.79 Å². The number of carboxylic acid groups (broad SMARTS) is 1. The van der Waals surface area contributed by atoms with Gasteiger partial charge in [-0.05, 0) is 12.2 Å². The second-order valence-electron chi connectivity index (χ2n) is 3.17. The van der Waals surface area contributed by atoms with E-state index in [0.29, 0.717) is 5.76 Å². The molecule has 4 heteroatoms. The van der Waals surface area contributed by atoms with Gasteiger partial charge in [-0.2, -0.15) is 0 Å². The second-order valence-corrected chi connectivity index (χ2v) is 3.17. The topological polar surface area (TPSA) is 55.8 Å². The molecule has 0 fully saturated rings. The third-order valence-electron chi connectivity index (χ3n) is 2.51. The fourth-order valence-corrected chi connectivity index (χ4v) is 1.66. The molecule has 0 aromatic carbocycles. The molecular formula is C11H14O4. The average molecular weight is 210 g/mol. The number of carboxylic acids is 1. The van der Waals surface area contributed by atoms with E-state index in [4.69, 9.17) is 14.6 Å². The highest BCUT2D eigenvalue weighted by Crippen LogP contribution is 2.34. The lowest BCUT2D eigenvalue weighted by molar-refractivity contribution is -0.148. The van der Waals surface area contributed by atoms with Crippen LogP contribution in [0.15, 0.2) is 36.6 Å². The predicted molar refractivity (Wildman–Crippen MR) is 55.3 cm³/mol. The van der Waals surface area contributed by atoms with Crippen molar-refractivity contribution in [2.24, 2.45) is 5.92 Å². The summed E-state index contributed by atoms with van der Waals surface area (Å²) < 4.78 is 10.3. The smallest absolute Gasteiger partial charge is 0.317 e. The van der Waals surface area contributed by atoms with Gasteiger partial charge >= 0.3 is 5.97 Å². The van der Waals surface area contributed by atoms with Gasteiger partial charge < -0.3 is 14.6 Å². The highest BCUT2D eigenvalue weighted by atomic mass is 16.5. The molecule has 82 valence electrons. The number of rotatable bonds is 4. The maximum Gasteiger partial charge on any atom is 0.317 e. The van der Waals surface area contributed by atoms with Gasteiger partial charge in [0.05, 0.1) is 7.11 Å². The lowest BCUT2D eigenvalue weighted by Crippen LogP contribution is -2.43. The van der Waals surface area contributed by atoms with Crippen LogP contribution in [0.3, 0.4) is 0 Å². The Bertz CT molecular complexity index is 329. The molecule has 0 bridgehead atoms. The average Bonchev–Trinajstić information content (AvgIpc) is 2.27. The Morgan fingerprint density at radius 2 is 2.33 bits per heavy atom. The van der Waals surface area contributed by atoms with Crippen LogP contribution in [0.1, 0.15) is 0 Å². The van der Waals surface area contributed by atoms with Gasteiger partial charge in [0.25, 0.3) is 0 Å². The number of hydrogen-bond donors (Lipinski definition) is 1. The van der Waals surface area contributed by atoms with Gasteiger partial charge in [-0.25, -0.2) is 0 Å². The maximum atomic E-state index is 11.2. The Labute approximate surface area is 88.5 Å². The molecule has 1 rings (SSSR count). The van der Waals surface area contributed by atoms with Crippen molar-refractivity contribution in [2.75, 3.05) is 14.2 Å². The fraction of sp³-hybridized carbons (Fsp3) is 0.364. The molecule has 0 saturated carbocycles. The quantitative estimate of drug-likeness (QED) is 0.712. The van der Waals surface area contributed by atoms with E-state index < -0.39 is 17.5 Å². The first kappa shape index (κ1) is 11.5. The molecule has 1 aliphatic carbocycles. The van der Waals surface area contributed by atoms with E-state index in [1.807, 2.05) is 0 Å². The molecule has 0 aliphatic heterocycles. The summed E-state index contributed by atoms with van der Waals surface area (Å²) in [7, 11) is 2.88. The number of hydrogen-bond acceptors (Lipinski definition) is 3. The van der Waals surface area contributed by atoms with Crippen molar-refractivity contribution in [1.29, 1.82) is 0 Å². The van der Waals surface area contributed by atoms with E-state index in [2.05, 4.69) is 6.58 Å². The minimum atomic E-state index is -1.04. The van der Waals surface area contributed by atoms with E-state index in [-0.39, 0.29) is 0 Å². The Hall–Kier alpha value is -1.55. The molecule has 4 nitrogen and oxygen atoms in total. The SMILES string of the molecule is C=CC1(OC)C=CC=C(OC)C1C(=O)O. The normalized spacial score (nSPS) is 29.5. The van der Waals surface area contributed by atoms with Crippen LogP contribution in [0.5, 0.6) is 0 Å². The van der Waals surface area contributed by atoms with Crippen molar-refractivity contribution >= 4 is 5.97 Å². The van der Waals surface area contributed by atoms with E-state index in [0.717, 1.165) is 0 Å². The van der Waals surface area contributed by atoms with Crippen molar-refractivity contribution in [3.63, 3.8) is 0 Å². The molecule has 1 aliphatic rings. The zero-order valence-corrected chi connectivity index (χ0v) is 8.77. The first-order chi connectivity index (χ1) is 7.11. The highest BCUT2D eigenvalue weighted by molar-refractivity contribution is 5.76. The summed E-state index contributed by atoms with van der Waals surface area (Å²) in [6.07, 6.45) is 6.43. The number of carbonyl (C=O) groups is 1. The van der Waals surface area contributed by atoms with Gasteiger partial charge in [-0.15, -0.1) is 0 Å². The Balaban J connectivity index is 3.20. The van der Waals surface area contributed by atoms with Gasteiger partial charge in [0, 0.05) is 7.11 Å². The molecule has 0 radical (unpaired) electrons. The molecule has 0 amide bonds. The van der Waals surface area contributed by atoms with Crippen LogP contribution < -0.4 is 0 Å². The minimum Gasteiger partial charge on any atom is -0.500 e. The summed E-state index contributed by atoms with van der Waals surface area (Å²) in [5.74, 6) is -1.55. The number of methoxy groups -OCH3 is 2. The van der Waals surface area contributed by atoms with E-state index >= 15 is 0 Å². The van der Waals surface area contributed by atoms with Crippen LogP contribution in [0, 0.1) is 5.92 Å². The molecule has 0 aromatic rings. The lowest BCUT2D eigenvalue weighted by atomic mass is 9.82. The maximum absolute atomic E-state index is 11.2. The molecule has 0 aromatic heterocycles. The van der Waals surface area contributed by atoms with Crippen LogP contribution in [0.2, 0.25) is 0 Å². The second kappa shape index (κ2) is 4.31. The summed E-state index contributed by atoms with van der Waals surface area (Å²) in [4.78, 5) is 11.2. The Morgan fingerprint density at radius 1 is 1.67 bits per heavy atom. The number of allylic oxidation sites excluding steroid dienone is 2. The molecular weight excluding hydrogens is 196 g/mol. The van der Waals surface area contributed by atoms with Crippen molar-refractivity contribution in [2.45, 2.75) is 5.60 Å². The molecule has 0 saturated heterocycles. The van der Waals surface area contributed by atoms with Crippen LogP contribution >= 0.6 is 0 Å². The molecule has 2 unspecified atom stereocenters. The first-order valence-corrected chi connectivity index (χ1v) is 4.46. The third kappa shape index (κ3) is 1.80. The molecule has 2 atom stereocenters. The van der Waals surface area contributed by atoms with Crippen LogP contribution in [0.4, 0.5) is 0 Å². The standard InChI is InChI=1S/C11H14O4/c1-4-11(15-3)7-5-6-8(14-2)9(11)10(12)13/h4-7,9H,1H2,2-3H3,(H,12,13). The molecule has 1 N–H and O–H groups in total. The highest BCUT2D eigenvalue weighted by Gasteiger charge is 2.44. The van der Waals surface area contributed by atoms with E-state index in [1.165, 1.54) is 20.3 Å². The van der Waals surface area contributed by atoms with Crippen molar-refractivity contribution in [1.82, 2.24) is 0 Å². The zero-order valence-electron chi connectivity index (χ0n) is 8.77. The minimum absolute atomic E-state index is 0.353. The lowest BCUT2D eigenvalue weighted by Gasteiger charge is -2.34. The first-order valence-electron chi connectivity index (χ1n) is 4.46. The predicted octanol–water partition coefficient (Wildman–Crippen LogP) is 1.36.